The van der Waals surface area contributed by atoms with Crippen molar-refractivity contribution in [3.63, 3.8) is 0 Å². The molecule has 5 heterocycles. The third kappa shape index (κ3) is 4.75. The van der Waals surface area contributed by atoms with Crippen molar-refractivity contribution in [1.82, 2.24) is 10.6 Å². The number of fused-ring (bicyclic) bond motifs is 5. The zero-order valence-electron chi connectivity index (χ0n) is 26.4. The highest BCUT2D eigenvalue weighted by molar-refractivity contribution is 6.68. The highest BCUT2D eigenvalue weighted by atomic mass is 16.6. The first-order valence-corrected chi connectivity index (χ1v) is 15.5. The topological polar surface area (TPSA) is 210 Å². The number of methoxy groups -OCH3 is 1. The molecule has 6 atom stereocenters. The Labute approximate surface area is 274 Å². The standard InChI is InChI=1S/C32H33N7O9/c1-4-46-29(43)24-17(12-40)15(7-10-38-11-9-34-31(38)39-14-35-21-27(39)36-30(33)37-28(21)42)19-22(47-24)18(13-41)23-20(25(19)45-3)16-6-5-8-32(2,44)26(16)48-23/h5-7,9,11-12,16,26,31,34,41,44H,4,8,10,13-14H2,1-3H3,(H2,33,37,42)/p+2. The number of hydrogen-bond acceptors (Lipinski definition) is 12. The number of hydrogen-bond donors (Lipinski definition) is 7. The number of aliphatic hydroxyl groups excluding tert-OH is 1. The van der Waals surface area contributed by atoms with Gasteiger partial charge < -0.3 is 29.2 Å². The molecule has 0 saturated heterocycles. The Bertz CT molecular complexity index is 1840. The maximum Gasteiger partial charge on any atom is 0.375 e. The zero-order chi connectivity index (χ0) is 33.9. The van der Waals surface area contributed by atoms with Gasteiger partial charge in [-0.1, -0.05) is 12.2 Å². The monoisotopic (exact) mass is 661 g/mol. The van der Waals surface area contributed by atoms with Crippen LogP contribution in [-0.2, 0) is 25.7 Å². The average Bonchev–Trinajstić information content (AvgIpc) is 3.79. The van der Waals surface area contributed by atoms with Crippen molar-refractivity contribution in [3.8, 4) is 17.2 Å². The Balaban J connectivity index is 1.35. The fraction of sp³-hybridized carbons (Fsp3) is 0.375. The number of amides is 1. The number of esters is 1. The number of guanidine groups is 1. The van der Waals surface area contributed by atoms with Crippen LogP contribution in [0.4, 0.5) is 0 Å². The van der Waals surface area contributed by atoms with Gasteiger partial charge >= 0.3 is 12.3 Å². The van der Waals surface area contributed by atoms with Crippen LogP contribution in [0.2, 0.25) is 0 Å². The van der Waals surface area contributed by atoms with Gasteiger partial charge in [-0.2, -0.15) is 9.89 Å². The number of aliphatic hydroxyl groups is 2. The van der Waals surface area contributed by atoms with E-state index in [0.29, 0.717) is 45.9 Å². The lowest BCUT2D eigenvalue weighted by atomic mass is 9.77. The molecule has 16 nitrogen and oxygen atoms in total. The first kappa shape index (κ1) is 31.4. The number of ether oxygens (including phenoxy) is 4. The predicted octanol–water partition coefficient (Wildman–Crippen LogP) is -2.46. The van der Waals surface area contributed by atoms with Crippen LogP contribution in [0.15, 0.2) is 51.9 Å². The Hall–Kier alpha value is -5.16. The van der Waals surface area contributed by atoms with E-state index in [2.05, 4.69) is 20.6 Å². The molecule has 0 saturated carbocycles. The van der Waals surface area contributed by atoms with Crippen LogP contribution in [0.25, 0.3) is 5.57 Å². The molecule has 7 rings (SSSR count). The van der Waals surface area contributed by atoms with Crippen molar-refractivity contribution in [2.24, 2.45) is 9.98 Å². The van der Waals surface area contributed by atoms with Crippen LogP contribution >= 0.6 is 0 Å². The molecule has 0 spiro atoms. The quantitative estimate of drug-likeness (QED) is 0.0888. The number of amidine groups is 1. The molecule has 5 aliphatic heterocycles. The van der Waals surface area contributed by atoms with Gasteiger partial charge in [0.05, 0.1) is 43.2 Å². The second kappa shape index (κ2) is 11.8. The number of carbonyl (C=O) groups is 3. The van der Waals surface area contributed by atoms with Crippen LogP contribution in [0.5, 0.6) is 17.2 Å². The minimum atomic E-state index is -1.23. The highest BCUT2D eigenvalue weighted by Crippen LogP contribution is 2.58. The van der Waals surface area contributed by atoms with Gasteiger partial charge in [0.15, 0.2) is 13.0 Å². The van der Waals surface area contributed by atoms with Gasteiger partial charge in [-0.05, 0) is 26.3 Å². The summed E-state index contributed by atoms with van der Waals surface area (Å²) in [5.74, 6) is -1.40. The van der Waals surface area contributed by atoms with E-state index in [1.54, 1.807) is 26.1 Å². The van der Waals surface area contributed by atoms with Crippen LogP contribution in [0, 0.1) is 5.41 Å². The molecule has 1 aromatic rings. The van der Waals surface area contributed by atoms with Gasteiger partial charge in [-0.25, -0.2) is 14.7 Å². The van der Waals surface area contributed by atoms with E-state index in [9.17, 15) is 24.6 Å². The lowest BCUT2D eigenvalue weighted by molar-refractivity contribution is -1.05. The maximum absolute atomic E-state index is 13.2. The molecule has 16 heteroatoms. The van der Waals surface area contributed by atoms with E-state index in [1.165, 1.54) is 7.11 Å². The fourth-order valence-electron chi connectivity index (χ4n) is 7.12. The summed E-state index contributed by atoms with van der Waals surface area (Å²) in [6.45, 7) is 3.24. The van der Waals surface area contributed by atoms with E-state index < -0.39 is 42.4 Å². The van der Waals surface area contributed by atoms with E-state index in [-0.39, 0.29) is 59.9 Å². The van der Waals surface area contributed by atoms with Gasteiger partial charge in [0.1, 0.15) is 41.7 Å². The van der Waals surface area contributed by atoms with Crippen LogP contribution in [0.1, 0.15) is 42.9 Å². The summed E-state index contributed by atoms with van der Waals surface area (Å²) in [6.07, 6.45) is 8.97. The molecule has 6 unspecified atom stereocenters. The largest absolute Gasteiger partial charge is 0.496 e. The van der Waals surface area contributed by atoms with Gasteiger partial charge in [0.2, 0.25) is 17.4 Å². The number of allylic oxidation sites excluding steroid dienone is 2. The second-order valence-electron chi connectivity index (χ2n) is 12.1. The van der Waals surface area contributed by atoms with Crippen LogP contribution in [0.3, 0.4) is 0 Å². The maximum atomic E-state index is 13.2. The third-order valence-electron chi connectivity index (χ3n) is 9.26. The molecule has 0 aromatic heterocycles. The van der Waals surface area contributed by atoms with Gasteiger partial charge in [0, 0.05) is 17.1 Å². The Morgan fingerprint density at radius 1 is 1.33 bits per heavy atom. The summed E-state index contributed by atoms with van der Waals surface area (Å²) in [5, 5.41) is 35.5. The number of aldehydes is 1. The molecule has 0 bridgehead atoms. The molecule has 1 aromatic carbocycles. The molecule has 0 radical (unpaired) electrons. The minimum absolute atomic E-state index is 0.0239. The van der Waals surface area contributed by atoms with Gasteiger partial charge in [-0.15, -0.1) is 0 Å². The Kier molecular flexibility index (Phi) is 7.74. The third-order valence-corrected chi connectivity index (χ3v) is 9.26. The van der Waals surface area contributed by atoms with Crippen molar-refractivity contribution in [2.75, 3.05) is 26.9 Å². The van der Waals surface area contributed by atoms with E-state index >= 15 is 0 Å². The first-order valence-electron chi connectivity index (χ1n) is 15.5. The number of nitrogens with one attached hydrogen (secondary N) is 5. The fourth-order valence-corrected chi connectivity index (χ4v) is 7.12. The Morgan fingerprint density at radius 3 is 2.88 bits per heavy atom. The number of carbonyl (C=O) groups excluding carboxylic acids is 3. The molecule has 1 aliphatic carbocycles. The molecule has 6 aliphatic rings. The summed E-state index contributed by atoms with van der Waals surface area (Å²) >= 11 is 0. The first-order chi connectivity index (χ1) is 23.1. The van der Waals surface area contributed by atoms with E-state index in [4.69, 9.17) is 24.4 Å². The molecule has 250 valence electrons. The number of aliphatic imine (C=N–C) groups is 2. The lowest BCUT2D eigenvalue weighted by Gasteiger charge is -2.34. The van der Waals surface area contributed by atoms with Crippen molar-refractivity contribution in [2.45, 2.75) is 50.8 Å². The zero-order valence-corrected chi connectivity index (χ0v) is 26.4. The summed E-state index contributed by atoms with van der Waals surface area (Å²) in [6, 6.07) is 0. The van der Waals surface area contributed by atoms with Crippen molar-refractivity contribution in [3.05, 3.63) is 58.7 Å². The molecular formula is C32H35N7O9+2. The van der Waals surface area contributed by atoms with Crippen molar-refractivity contribution >= 4 is 41.2 Å². The number of quaternary nitrogens is 2. The van der Waals surface area contributed by atoms with Crippen LogP contribution < -0.4 is 34.6 Å². The number of rotatable bonds is 8. The van der Waals surface area contributed by atoms with Crippen molar-refractivity contribution < 1.29 is 53.3 Å². The van der Waals surface area contributed by atoms with Crippen LogP contribution in [-0.4, -0.2) is 90.8 Å². The predicted molar refractivity (Wildman–Crippen MR) is 167 cm³/mol. The summed E-state index contributed by atoms with van der Waals surface area (Å²) < 4.78 is 23.7. The molecule has 48 heavy (non-hydrogen) atoms. The minimum Gasteiger partial charge on any atom is -0.496 e. The number of nitrogens with zero attached hydrogens (tertiary/aromatic N) is 2. The normalized spacial score (nSPS) is 30.3. The van der Waals surface area contributed by atoms with Gasteiger partial charge in [-0.3, -0.25) is 25.6 Å². The number of benzene rings is 1. The molecule has 1 amide bonds. The molecule has 0 fully saturated rings. The van der Waals surface area contributed by atoms with E-state index in [1.807, 2.05) is 18.4 Å². The second-order valence-corrected chi connectivity index (χ2v) is 12.1. The lowest BCUT2D eigenvalue weighted by Crippen LogP contribution is -3.36. The highest BCUT2D eigenvalue weighted by Gasteiger charge is 2.51. The van der Waals surface area contributed by atoms with Gasteiger partial charge in [0.25, 0.3) is 11.7 Å². The smallest absolute Gasteiger partial charge is 0.375 e. The summed E-state index contributed by atoms with van der Waals surface area (Å²) in [7, 11) is 1.47. The summed E-state index contributed by atoms with van der Waals surface area (Å²) in [5.41, 5.74) is 0.333. The average molecular weight is 662 g/mol. The molecule has 7 N–H and O–H groups in total. The van der Waals surface area contributed by atoms with Crippen molar-refractivity contribution in [1.29, 1.82) is 5.41 Å². The Morgan fingerprint density at radius 2 is 2.15 bits per heavy atom. The van der Waals surface area contributed by atoms with E-state index in [0.717, 1.165) is 4.90 Å². The molecular weight excluding hydrogens is 626 g/mol. The summed E-state index contributed by atoms with van der Waals surface area (Å²) in [4.78, 5) is 48.6. The SMILES string of the molecule is CCOC(=O)C1=C(C=O)C(=CC[NH+]2C=CNC2[NH+]2CN=C3C(=O)NC(=N)N=C32)c2c(c(CO)c3c(c2OC)C2C=CCC(C)(O)C2O3)O1.